The number of hydrogen-bond acceptors (Lipinski definition) is 6. The Morgan fingerprint density at radius 3 is 2.44 bits per heavy atom. The smallest absolute Gasteiger partial charge is 0.270 e. The van der Waals surface area contributed by atoms with Crippen molar-refractivity contribution in [3.05, 3.63) is 87.8 Å². The zero-order chi connectivity index (χ0) is 25.8. The molecule has 8 heteroatoms. The van der Waals surface area contributed by atoms with E-state index in [9.17, 15) is 9.59 Å². The fourth-order valence-electron chi connectivity index (χ4n) is 3.89. The van der Waals surface area contributed by atoms with E-state index < -0.39 is 0 Å². The van der Waals surface area contributed by atoms with E-state index in [1.54, 1.807) is 29.2 Å². The summed E-state index contributed by atoms with van der Waals surface area (Å²) in [6.07, 6.45) is 1.77. The normalized spacial score (nSPS) is 14.3. The number of hydrogen-bond donors (Lipinski definition) is 1. The van der Waals surface area contributed by atoms with Gasteiger partial charge in [0, 0.05) is 5.69 Å². The van der Waals surface area contributed by atoms with Crippen molar-refractivity contribution in [1.29, 1.82) is 0 Å². The van der Waals surface area contributed by atoms with Crippen LogP contribution in [0, 0.1) is 20.8 Å². The van der Waals surface area contributed by atoms with E-state index in [1.165, 1.54) is 18.9 Å². The van der Waals surface area contributed by atoms with Gasteiger partial charge in [-0.1, -0.05) is 48.2 Å². The quantitative estimate of drug-likeness (QED) is 0.304. The van der Waals surface area contributed by atoms with Crippen LogP contribution in [0.2, 0.25) is 0 Å². The Morgan fingerprint density at radius 2 is 1.75 bits per heavy atom. The zero-order valence-electron chi connectivity index (χ0n) is 20.5. The molecule has 3 aromatic carbocycles. The van der Waals surface area contributed by atoms with Crippen LogP contribution in [0.25, 0.3) is 6.08 Å². The molecule has 36 heavy (non-hydrogen) atoms. The van der Waals surface area contributed by atoms with Gasteiger partial charge in [-0.05, 0) is 85.5 Å². The van der Waals surface area contributed by atoms with Gasteiger partial charge in [0.2, 0.25) is 0 Å². The predicted molar refractivity (Wildman–Crippen MR) is 150 cm³/mol. The number of aryl methyl sites for hydroxylation is 3. The third kappa shape index (κ3) is 5.95. The van der Waals surface area contributed by atoms with Gasteiger partial charge < -0.3 is 14.8 Å². The van der Waals surface area contributed by atoms with Crippen LogP contribution < -0.4 is 19.7 Å². The van der Waals surface area contributed by atoms with Crippen LogP contribution in [0.4, 0.5) is 11.4 Å². The van der Waals surface area contributed by atoms with Crippen molar-refractivity contribution in [3.8, 4) is 11.5 Å². The van der Waals surface area contributed by atoms with Gasteiger partial charge in [0.25, 0.3) is 11.8 Å². The maximum absolute atomic E-state index is 13.1. The van der Waals surface area contributed by atoms with E-state index in [0.29, 0.717) is 20.7 Å². The lowest BCUT2D eigenvalue weighted by atomic mass is 10.1. The fraction of sp³-hybridized carbons (Fsp3) is 0.179. The van der Waals surface area contributed by atoms with E-state index in [-0.39, 0.29) is 18.4 Å². The highest BCUT2D eigenvalue weighted by atomic mass is 32.2. The minimum atomic E-state index is -0.272. The van der Waals surface area contributed by atoms with Crippen LogP contribution in [-0.2, 0) is 9.59 Å². The minimum absolute atomic E-state index is 0.169. The Balaban J connectivity index is 1.45. The molecule has 0 bridgehead atoms. The Hall–Kier alpha value is -3.62. The van der Waals surface area contributed by atoms with Crippen molar-refractivity contribution in [1.82, 2.24) is 0 Å². The van der Waals surface area contributed by atoms with Crippen LogP contribution in [0.15, 0.2) is 65.6 Å². The molecule has 184 valence electrons. The number of nitrogens with one attached hydrogen (secondary N) is 1. The van der Waals surface area contributed by atoms with Gasteiger partial charge in [-0.3, -0.25) is 14.5 Å². The standard InChI is InChI=1S/C28H26N2O4S2/c1-17-6-5-7-22(13-17)30-27(32)25(36-28(30)35)15-20-8-9-23(24(14-20)33-4)34-16-26(31)29-21-11-18(2)10-19(3)12-21/h5-15H,16H2,1-4H3,(H,29,31)/b25-15-. The average molecular weight is 519 g/mol. The van der Waals surface area contributed by atoms with Crippen LogP contribution in [0.1, 0.15) is 22.3 Å². The zero-order valence-corrected chi connectivity index (χ0v) is 22.1. The molecule has 0 unspecified atom stereocenters. The summed E-state index contributed by atoms with van der Waals surface area (Å²) in [5, 5.41) is 2.85. The summed E-state index contributed by atoms with van der Waals surface area (Å²) in [5.41, 5.74) is 5.42. The second kappa shape index (κ2) is 11.0. The van der Waals surface area contributed by atoms with Gasteiger partial charge in [0.1, 0.15) is 0 Å². The number of rotatable bonds is 7. The topological polar surface area (TPSA) is 67.9 Å². The number of carbonyl (C=O) groups excluding carboxylic acids is 2. The number of benzene rings is 3. The molecule has 0 atom stereocenters. The molecular weight excluding hydrogens is 492 g/mol. The van der Waals surface area contributed by atoms with Gasteiger partial charge in [-0.15, -0.1) is 0 Å². The largest absolute Gasteiger partial charge is 0.493 e. The molecule has 0 aliphatic carbocycles. The molecular formula is C28H26N2O4S2. The molecule has 3 aromatic rings. The lowest BCUT2D eigenvalue weighted by Gasteiger charge is -2.14. The Labute approximate surface area is 220 Å². The molecule has 0 radical (unpaired) electrons. The lowest BCUT2D eigenvalue weighted by molar-refractivity contribution is -0.118. The maximum Gasteiger partial charge on any atom is 0.270 e. The number of thioether (sulfide) groups is 1. The molecule has 1 saturated heterocycles. The van der Waals surface area contributed by atoms with Gasteiger partial charge in [0.15, 0.2) is 22.4 Å². The fourth-order valence-corrected chi connectivity index (χ4v) is 5.19. The van der Waals surface area contributed by atoms with Gasteiger partial charge in [-0.25, -0.2) is 0 Å². The maximum atomic E-state index is 13.1. The van der Waals surface area contributed by atoms with E-state index in [1.807, 2.05) is 63.2 Å². The number of carbonyl (C=O) groups is 2. The number of anilines is 2. The van der Waals surface area contributed by atoms with E-state index in [0.717, 1.165) is 33.6 Å². The van der Waals surface area contributed by atoms with E-state index in [2.05, 4.69) is 5.32 Å². The number of ether oxygens (including phenoxy) is 2. The van der Waals surface area contributed by atoms with Crippen molar-refractivity contribution < 1.29 is 19.1 Å². The van der Waals surface area contributed by atoms with Crippen LogP contribution in [0.5, 0.6) is 11.5 Å². The highest BCUT2D eigenvalue weighted by Crippen LogP contribution is 2.37. The molecule has 0 aromatic heterocycles. The highest BCUT2D eigenvalue weighted by Gasteiger charge is 2.33. The average Bonchev–Trinajstić information content (AvgIpc) is 3.09. The van der Waals surface area contributed by atoms with Crippen LogP contribution >= 0.6 is 24.0 Å². The van der Waals surface area contributed by atoms with Crippen LogP contribution in [0.3, 0.4) is 0 Å². The SMILES string of the molecule is COc1cc(/C=C2\SC(=S)N(c3cccc(C)c3)C2=O)ccc1OCC(=O)Nc1cc(C)cc(C)c1. The molecule has 1 fully saturated rings. The predicted octanol–water partition coefficient (Wildman–Crippen LogP) is 6.04. The molecule has 1 aliphatic rings. The number of thiocarbonyl (C=S) groups is 1. The Morgan fingerprint density at radius 1 is 1.00 bits per heavy atom. The van der Waals surface area contributed by atoms with Gasteiger partial charge >= 0.3 is 0 Å². The second-order valence-electron chi connectivity index (χ2n) is 8.48. The third-order valence-electron chi connectivity index (χ3n) is 5.40. The van der Waals surface area contributed by atoms with Crippen molar-refractivity contribution >= 4 is 57.6 Å². The first-order chi connectivity index (χ1) is 17.2. The summed E-state index contributed by atoms with van der Waals surface area (Å²) in [6, 6.07) is 18.8. The number of amides is 2. The summed E-state index contributed by atoms with van der Waals surface area (Å²) in [6.45, 7) is 5.76. The molecule has 0 spiro atoms. The summed E-state index contributed by atoms with van der Waals surface area (Å²) in [4.78, 5) is 27.5. The first kappa shape index (κ1) is 25.5. The van der Waals surface area contributed by atoms with E-state index in [4.69, 9.17) is 21.7 Å². The Bertz CT molecular complexity index is 1360. The third-order valence-corrected chi connectivity index (χ3v) is 6.71. The summed E-state index contributed by atoms with van der Waals surface area (Å²) in [7, 11) is 1.53. The monoisotopic (exact) mass is 518 g/mol. The van der Waals surface area contributed by atoms with Crippen molar-refractivity contribution in [2.24, 2.45) is 0 Å². The molecule has 0 saturated carbocycles. The molecule has 1 heterocycles. The van der Waals surface area contributed by atoms with Crippen LogP contribution in [-0.4, -0.2) is 29.9 Å². The number of nitrogens with zero attached hydrogens (tertiary/aromatic N) is 1. The van der Waals surface area contributed by atoms with Gasteiger partial charge in [-0.2, -0.15) is 0 Å². The molecule has 1 N–H and O–H groups in total. The first-order valence-corrected chi connectivity index (χ1v) is 12.5. The first-order valence-electron chi connectivity index (χ1n) is 11.3. The molecule has 2 amide bonds. The van der Waals surface area contributed by atoms with Crippen molar-refractivity contribution in [2.75, 3.05) is 23.9 Å². The number of methoxy groups -OCH3 is 1. The lowest BCUT2D eigenvalue weighted by Crippen LogP contribution is -2.27. The Kier molecular flexibility index (Phi) is 7.76. The molecule has 1 aliphatic heterocycles. The molecule has 6 nitrogen and oxygen atoms in total. The molecule has 4 rings (SSSR count). The van der Waals surface area contributed by atoms with E-state index >= 15 is 0 Å². The minimum Gasteiger partial charge on any atom is -0.493 e. The van der Waals surface area contributed by atoms with Gasteiger partial charge in [0.05, 0.1) is 17.7 Å². The second-order valence-corrected chi connectivity index (χ2v) is 10.2. The summed E-state index contributed by atoms with van der Waals surface area (Å²) in [5.74, 6) is 0.443. The van der Waals surface area contributed by atoms with Crippen molar-refractivity contribution in [2.45, 2.75) is 20.8 Å². The highest BCUT2D eigenvalue weighted by molar-refractivity contribution is 8.27. The summed E-state index contributed by atoms with van der Waals surface area (Å²) < 4.78 is 11.7. The van der Waals surface area contributed by atoms with Crippen molar-refractivity contribution in [3.63, 3.8) is 0 Å². The summed E-state index contributed by atoms with van der Waals surface area (Å²) >= 11 is 6.73.